The van der Waals surface area contributed by atoms with E-state index in [0.29, 0.717) is 31.8 Å². The molecule has 0 saturated heterocycles. The monoisotopic (exact) mass is 354 g/mol. The molecule has 0 unspecified atom stereocenters. The highest BCUT2D eigenvalue weighted by molar-refractivity contribution is 9.10. The molecular formula is C16H19BrO4. The SMILES string of the molecule is CCc1c(C2(C(=O)O)CCC2)cc(Br)c2c1OCCCO2. The average molecular weight is 355 g/mol. The van der Waals surface area contributed by atoms with Crippen LogP contribution in [0.15, 0.2) is 10.5 Å². The zero-order valence-corrected chi connectivity index (χ0v) is 13.7. The second-order valence-corrected chi connectivity index (χ2v) is 6.54. The lowest BCUT2D eigenvalue weighted by molar-refractivity contribution is -0.147. The molecule has 0 atom stereocenters. The number of carbonyl (C=O) groups is 1. The molecule has 1 aromatic carbocycles. The molecule has 1 saturated carbocycles. The summed E-state index contributed by atoms with van der Waals surface area (Å²) >= 11 is 3.53. The molecule has 1 aliphatic heterocycles. The van der Waals surface area contributed by atoms with Gasteiger partial charge in [-0.1, -0.05) is 13.3 Å². The second-order valence-electron chi connectivity index (χ2n) is 5.69. The summed E-state index contributed by atoms with van der Waals surface area (Å²) < 4.78 is 12.5. The zero-order chi connectivity index (χ0) is 15.0. The highest BCUT2D eigenvalue weighted by Crippen LogP contribution is 2.51. The molecule has 1 aromatic rings. The molecule has 1 N–H and O–H groups in total. The van der Waals surface area contributed by atoms with Crippen molar-refractivity contribution in [3.05, 3.63) is 21.7 Å². The van der Waals surface area contributed by atoms with Crippen molar-refractivity contribution in [1.29, 1.82) is 0 Å². The van der Waals surface area contributed by atoms with E-state index in [1.54, 1.807) is 0 Å². The number of carboxylic acids is 1. The first-order valence-electron chi connectivity index (χ1n) is 7.45. The van der Waals surface area contributed by atoms with Crippen LogP contribution >= 0.6 is 15.9 Å². The number of halogens is 1. The maximum Gasteiger partial charge on any atom is 0.314 e. The van der Waals surface area contributed by atoms with Gasteiger partial charge in [0, 0.05) is 12.0 Å². The minimum Gasteiger partial charge on any atom is -0.489 e. The third-order valence-corrected chi connectivity index (χ3v) is 5.15. The maximum atomic E-state index is 11.8. The Balaban J connectivity index is 2.20. The Labute approximate surface area is 132 Å². The van der Waals surface area contributed by atoms with Crippen molar-refractivity contribution in [2.24, 2.45) is 0 Å². The Kier molecular flexibility index (Phi) is 3.86. The van der Waals surface area contributed by atoms with E-state index >= 15 is 0 Å². The molecule has 0 aromatic heterocycles. The van der Waals surface area contributed by atoms with Gasteiger partial charge >= 0.3 is 5.97 Å². The van der Waals surface area contributed by atoms with Gasteiger partial charge in [-0.15, -0.1) is 0 Å². The van der Waals surface area contributed by atoms with Gasteiger partial charge < -0.3 is 14.6 Å². The number of hydrogen-bond acceptors (Lipinski definition) is 3. The van der Waals surface area contributed by atoms with E-state index < -0.39 is 11.4 Å². The quantitative estimate of drug-likeness (QED) is 0.899. The maximum absolute atomic E-state index is 11.8. The van der Waals surface area contributed by atoms with Gasteiger partial charge in [0.1, 0.15) is 0 Å². The van der Waals surface area contributed by atoms with E-state index in [1.807, 2.05) is 13.0 Å². The second kappa shape index (κ2) is 5.52. The smallest absolute Gasteiger partial charge is 0.314 e. The Morgan fingerprint density at radius 2 is 1.95 bits per heavy atom. The van der Waals surface area contributed by atoms with Gasteiger partial charge in [0.25, 0.3) is 0 Å². The Bertz CT molecular complexity index is 578. The standard InChI is InChI=1S/C16H19BrO4/c1-2-10-11(16(15(18)19)5-3-6-16)9-12(17)14-13(10)20-7-4-8-21-14/h9H,2-8H2,1H3,(H,18,19). The van der Waals surface area contributed by atoms with Gasteiger partial charge in [0.2, 0.25) is 0 Å². The molecule has 0 amide bonds. The van der Waals surface area contributed by atoms with E-state index in [9.17, 15) is 9.90 Å². The van der Waals surface area contributed by atoms with Crippen molar-refractivity contribution < 1.29 is 19.4 Å². The topological polar surface area (TPSA) is 55.8 Å². The fourth-order valence-corrected chi connectivity index (χ4v) is 3.77. The van der Waals surface area contributed by atoms with E-state index in [4.69, 9.17) is 9.47 Å². The van der Waals surface area contributed by atoms with Crippen LogP contribution in [0.3, 0.4) is 0 Å². The summed E-state index contributed by atoms with van der Waals surface area (Å²) in [4.78, 5) is 11.8. The van der Waals surface area contributed by atoms with Gasteiger partial charge in [0.05, 0.1) is 23.1 Å². The molecule has 0 spiro atoms. The van der Waals surface area contributed by atoms with Crippen molar-refractivity contribution in [1.82, 2.24) is 0 Å². The van der Waals surface area contributed by atoms with Crippen LogP contribution in [0.2, 0.25) is 0 Å². The lowest BCUT2D eigenvalue weighted by Crippen LogP contribution is -2.43. The molecule has 5 heteroatoms. The first kappa shape index (κ1) is 14.7. The third-order valence-electron chi connectivity index (χ3n) is 4.56. The summed E-state index contributed by atoms with van der Waals surface area (Å²) in [6.45, 7) is 3.27. The zero-order valence-electron chi connectivity index (χ0n) is 12.1. The van der Waals surface area contributed by atoms with Gasteiger partial charge in [-0.25, -0.2) is 0 Å². The number of ether oxygens (including phenoxy) is 2. The van der Waals surface area contributed by atoms with Crippen LogP contribution in [0, 0.1) is 0 Å². The lowest BCUT2D eigenvalue weighted by atomic mass is 9.63. The summed E-state index contributed by atoms with van der Waals surface area (Å²) in [5.41, 5.74) is 1.12. The first-order chi connectivity index (χ1) is 10.1. The van der Waals surface area contributed by atoms with E-state index in [0.717, 1.165) is 40.6 Å². The third kappa shape index (κ3) is 2.22. The van der Waals surface area contributed by atoms with Gasteiger partial charge in [-0.05, 0) is 46.8 Å². The number of carboxylic acid groups (broad SMARTS) is 1. The van der Waals surface area contributed by atoms with Crippen LogP contribution in [0.1, 0.15) is 43.7 Å². The van der Waals surface area contributed by atoms with Crippen LogP contribution in [-0.4, -0.2) is 24.3 Å². The Morgan fingerprint density at radius 1 is 1.29 bits per heavy atom. The van der Waals surface area contributed by atoms with Gasteiger partial charge in [0.15, 0.2) is 11.5 Å². The highest BCUT2D eigenvalue weighted by Gasteiger charge is 2.48. The van der Waals surface area contributed by atoms with Gasteiger partial charge in [-0.3, -0.25) is 4.79 Å². The molecule has 1 fully saturated rings. The molecular weight excluding hydrogens is 336 g/mol. The Morgan fingerprint density at radius 3 is 2.48 bits per heavy atom. The highest BCUT2D eigenvalue weighted by atomic mass is 79.9. The molecule has 114 valence electrons. The fourth-order valence-electron chi connectivity index (χ4n) is 3.25. The van der Waals surface area contributed by atoms with E-state index in [-0.39, 0.29) is 0 Å². The normalized spacial score (nSPS) is 19.5. The van der Waals surface area contributed by atoms with E-state index in [2.05, 4.69) is 15.9 Å². The predicted octanol–water partition coefficient (Wildman–Crippen LogP) is 3.68. The van der Waals surface area contributed by atoms with Crippen LogP contribution in [-0.2, 0) is 16.6 Å². The predicted molar refractivity (Wildman–Crippen MR) is 82.3 cm³/mol. The number of rotatable bonds is 3. The molecule has 0 bridgehead atoms. The van der Waals surface area contributed by atoms with Crippen molar-refractivity contribution in [3.8, 4) is 11.5 Å². The molecule has 21 heavy (non-hydrogen) atoms. The average Bonchev–Trinajstić information content (AvgIpc) is 2.63. The van der Waals surface area contributed by atoms with Crippen molar-refractivity contribution in [3.63, 3.8) is 0 Å². The largest absolute Gasteiger partial charge is 0.489 e. The van der Waals surface area contributed by atoms with Crippen molar-refractivity contribution in [2.75, 3.05) is 13.2 Å². The lowest BCUT2D eigenvalue weighted by Gasteiger charge is -2.40. The summed E-state index contributed by atoms with van der Waals surface area (Å²) in [7, 11) is 0. The number of fused-ring (bicyclic) bond motifs is 1. The number of aliphatic carboxylic acids is 1. The summed E-state index contributed by atoms with van der Waals surface area (Å²) in [5.74, 6) is 0.713. The molecule has 0 radical (unpaired) electrons. The minimum absolute atomic E-state index is 0.607. The number of benzene rings is 1. The molecule has 1 aliphatic carbocycles. The summed E-state index contributed by atoms with van der Waals surface area (Å²) in [5, 5.41) is 9.72. The van der Waals surface area contributed by atoms with Crippen molar-refractivity contribution >= 4 is 21.9 Å². The van der Waals surface area contributed by atoms with Crippen LogP contribution in [0.25, 0.3) is 0 Å². The first-order valence-corrected chi connectivity index (χ1v) is 8.24. The van der Waals surface area contributed by atoms with E-state index in [1.165, 1.54) is 0 Å². The molecule has 2 aliphatic rings. The summed E-state index contributed by atoms with van der Waals surface area (Å²) in [6, 6.07) is 1.93. The summed E-state index contributed by atoms with van der Waals surface area (Å²) in [6.07, 6.45) is 3.93. The Hall–Kier alpha value is -1.23. The molecule has 3 rings (SSSR count). The number of hydrogen-bond donors (Lipinski definition) is 1. The fraction of sp³-hybridized carbons (Fsp3) is 0.562. The van der Waals surface area contributed by atoms with Gasteiger partial charge in [-0.2, -0.15) is 0 Å². The van der Waals surface area contributed by atoms with Crippen LogP contribution in [0.5, 0.6) is 11.5 Å². The minimum atomic E-state index is -0.751. The molecule has 4 nitrogen and oxygen atoms in total. The van der Waals surface area contributed by atoms with Crippen LogP contribution < -0.4 is 9.47 Å². The van der Waals surface area contributed by atoms with Crippen molar-refractivity contribution in [2.45, 2.75) is 44.4 Å². The molecule has 1 heterocycles. The van der Waals surface area contributed by atoms with Crippen LogP contribution in [0.4, 0.5) is 0 Å².